The lowest BCUT2D eigenvalue weighted by atomic mass is 9.87. The highest BCUT2D eigenvalue weighted by atomic mass is 16.5. The lowest BCUT2D eigenvalue weighted by molar-refractivity contribution is -0.134. The average Bonchev–Trinajstić information content (AvgIpc) is 3.07. The number of fused-ring (bicyclic) bond motifs is 1. The minimum atomic E-state index is -0.465. The van der Waals surface area contributed by atoms with E-state index in [9.17, 15) is 14.4 Å². The van der Waals surface area contributed by atoms with Crippen LogP contribution in [0, 0.1) is 0 Å². The Bertz CT molecular complexity index is 1240. The third-order valence-corrected chi connectivity index (χ3v) is 5.80. The Morgan fingerprint density at radius 3 is 2.73 bits per heavy atom. The van der Waals surface area contributed by atoms with Crippen molar-refractivity contribution in [2.24, 2.45) is 7.05 Å². The van der Waals surface area contributed by atoms with Gasteiger partial charge in [-0.25, -0.2) is 0 Å². The van der Waals surface area contributed by atoms with E-state index in [-0.39, 0.29) is 29.7 Å². The van der Waals surface area contributed by atoms with Crippen molar-refractivity contribution >= 4 is 34.3 Å². The van der Waals surface area contributed by atoms with Gasteiger partial charge in [0.2, 0.25) is 11.8 Å². The second-order valence-electron chi connectivity index (χ2n) is 9.36. The third-order valence-electron chi connectivity index (χ3n) is 5.80. The lowest BCUT2D eigenvalue weighted by Gasteiger charge is -2.20. The first kappa shape index (κ1) is 22.5. The SMILES string of the molecule is Cn1nc(C2CCC(=O)NC2=O)c2ccc(OCC(=O)Nc3cccc(C(C)(C)C)c3)cc21. The quantitative estimate of drug-likeness (QED) is 0.583. The van der Waals surface area contributed by atoms with Crippen LogP contribution in [-0.2, 0) is 26.8 Å². The molecule has 1 saturated heterocycles. The molecule has 1 aliphatic rings. The van der Waals surface area contributed by atoms with Crippen LogP contribution < -0.4 is 15.4 Å². The van der Waals surface area contributed by atoms with Gasteiger partial charge in [-0.05, 0) is 41.7 Å². The third kappa shape index (κ3) is 4.89. The van der Waals surface area contributed by atoms with Gasteiger partial charge >= 0.3 is 0 Å². The van der Waals surface area contributed by atoms with Crippen molar-refractivity contribution in [3.05, 3.63) is 53.7 Å². The van der Waals surface area contributed by atoms with E-state index in [1.165, 1.54) is 0 Å². The van der Waals surface area contributed by atoms with E-state index in [1.807, 2.05) is 30.3 Å². The summed E-state index contributed by atoms with van der Waals surface area (Å²) in [6.45, 7) is 6.23. The number of carbonyl (C=O) groups excluding carboxylic acids is 3. The van der Waals surface area contributed by atoms with Gasteiger partial charge in [0.25, 0.3) is 5.91 Å². The van der Waals surface area contributed by atoms with Gasteiger partial charge in [-0.3, -0.25) is 24.4 Å². The molecular formula is C25H28N4O4. The molecule has 0 aliphatic carbocycles. The highest BCUT2D eigenvalue weighted by molar-refractivity contribution is 6.02. The minimum Gasteiger partial charge on any atom is -0.484 e. The fraction of sp³-hybridized carbons (Fsp3) is 0.360. The predicted molar refractivity (Wildman–Crippen MR) is 125 cm³/mol. The minimum absolute atomic E-state index is 0.0115. The van der Waals surface area contributed by atoms with Gasteiger partial charge in [0.05, 0.1) is 17.1 Å². The largest absolute Gasteiger partial charge is 0.484 e. The number of rotatable bonds is 5. The first-order chi connectivity index (χ1) is 15.6. The standard InChI is InChI=1S/C25H28N4O4/c1-25(2,3)15-6-5-7-16(12-15)26-22(31)14-33-17-8-9-18-20(13-17)29(4)28-23(18)19-10-11-21(30)27-24(19)32/h5-9,12-13,19H,10-11,14H2,1-4H3,(H,26,31)(H,27,30,32). The summed E-state index contributed by atoms with van der Waals surface area (Å²) >= 11 is 0. The summed E-state index contributed by atoms with van der Waals surface area (Å²) in [5.74, 6) is -0.767. The van der Waals surface area contributed by atoms with Gasteiger partial charge in [0.15, 0.2) is 6.61 Å². The fourth-order valence-corrected chi connectivity index (χ4v) is 3.98. The second-order valence-corrected chi connectivity index (χ2v) is 9.36. The number of imide groups is 1. The molecule has 0 saturated carbocycles. The zero-order valence-electron chi connectivity index (χ0n) is 19.3. The molecule has 4 rings (SSSR count). The van der Waals surface area contributed by atoms with E-state index in [1.54, 1.807) is 23.9 Å². The molecule has 0 radical (unpaired) electrons. The first-order valence-electron chi connectivity index (χ1n) is 11.0. The summed E-state index contributed by atoms with van der Waals surface area (Å²) in [6.07, 6.45) is 0.731. The number of amides is 3. The molecule has 172 valence electrons. The van der Waals surface area contributed by atoms with Crippen molar-refractivity contribution in [3.8, 4) is 5.75 Å². The zero-order chi connectivity index (χ0) is 23.8. The molecule has 2 heterocycles. The van der Waals surface area contributed by atoms with Crippen LogP contribution in [0.3, 0.4) is 0 Å². The molecule has 8 nitrogen and oxygen atoms in total. The highest BCUT2D eigenvalue weighted by Gasteiger charge is 2.31. The monoisotopic (exact) mass is 448 g/mol. The van der Waals surface area contributed by atoms with Gasteiger partial charge < -0.3 is 10.1 Å². The van der Waals surface area contributed by atoms with Gasteiger partial charge in [-0.15, -0.1) is 0 Å². The van der Waals surface area contributed by atoms with E-state index in [0.717, 1.165) is 22.2 Å². The number of aryl methyl sites for hydroxylation is 1. The Hall–Kier alpha value is -3.68. The lowest BCUT2D eigenvalue weighted by Crippen LogP contribution is -2.39. The van der Waals surface area contributed by atoms with Crippen LogP contribution in [0.4, 0.5) is 5.69 Å². The molecule has 1 atom stereocenters. The van der Waals surface area contributed by atoms with E-state index >= 15 is 0 Å². The average molecular weight is 449 g/mol. The molecule has 2 aromatic carbocycles. The number of aromatic nitrogens is 2. The van der Waals surface area contributed by atoms with Crippen LogP contribution in [0.15, 0.2) is 42.5 Å². The molecule has 8 heteroatoms. The Labute approximate surface area is 192 Å². The Balaban J connectivity index is 1.45. The number of ether oxygens (including phenoxy) is 1. The van der Waals surface area contributed by atoms with E-state index in [4.69, 9.17) is 4.74 Å². The molecule has 2 N–H and O–H groups in total. The number of hydrogen-bond acceptors (Lipinski definition) is 5. The number of benzene rings is 2. The molecule has 1 fully saturated rings. The summed E-state index contributed by atoms with van der Waals surface area (Å²) < 4.78 is 7.39. The maximum absolute atomic E-state index is 12.4. The van der Waals surface area contributed by atoms with Crippen LogP contribution in [0.2, 0.25) is 0 Å². The number of anilines is 1. The number of nitrogens with zero attached hydrogens (tertiary/aromatic N) is 2. The topological polar surface area (TPSA) is 102 Å². The molecule has 1 aromatic heterocycles. The maximum atomic E-state index is 12.4. The summed E-state index contributed by atoms with van der Waals surface area (Å²) in [5, 5.41) is 10.6. The van der Waals surface area contributed by atoms with E-state index in [0.29, 0.717) is 24.3 Å². The van der Waals surface area contributed by atoms with Crippen molar-refractivity contribution in [2.45, 2.75) is 44.9 Å². The van der Waals surface area contributed by atoms with Crippen molar-refractivity contribution < 1.29 is 19.1 Å². The summed E-state index contributed by atoms with van der Waals surface area (Å²) in [4.78, 5) is 36.2. The van der Waals surface area contributed by atoms with Crippen molar-refractivity contribution in [2.75, 3.05) is 11.9 Å². The van der Waals surface area contributed by atoms with E-state index in [2.05, 4.69) is 36.5 Å². The molecule has 3 amide bonds. The fourth-order valence-electron chi connectivity index (χ4n) is 3.98. The molecule has 0 bridgehead atoms. The number of nitrogens with one attached hydrogen (secondary N) is 2. The molecule has 1 unspecified atom stereocenters. The van der Waals surface area contributed by atoms with Crippen LogP contribution in [0.25, 0.3) is 10.9 Å². The Morgan fingerprint density at radius 2 is 2.00 bits per heavy atom. The zero-order valence-corrected chi connectivity index (χ0v) is 19.3. The van der Waals surface area contributed by atoms with Crippen LogP contribution in [-0.4, -0.2) is 34.1 Å². The smallest absolute Gasteiger partial charge is 0.262 e. The van der Waals surface area contributed by atoms with Crippen LogP contribution in [0.1, 0.15) is 50.8 Å². The molecule has 3 aromatic rings. The summed E-state index contributed by atoms with van der Waals surface area (Å²) in [6, 6.07) is 13.2. The van der Waals surface area contributed by atoms with Crippen LogP contribution >= 0.6 is 0 Å². The van der Waals surface area contributed by atoms with Crippen molar-refractivity contribution in [1.82, 2.24) is 15.1 Å². The molecule has 33 heavy (non-hydrogen) atoms. The highest BCUT2D eigenvalue weighted by Crippen LogP contribution is 2.32. The normalized spacial score (nSPS) is 16.5. The number of carbonyl (C=O) groups is 3. The van der Waals surface area contributed by atoms with Gasteiger partial charge in [-0.2, -0.15) is 5.10 Å². The summed E-state index contributed by atoms with van der Waals surface area (Å²) in [7, 11) is 1.79. The summed E-state index contributed by atoms with van der Waals surface area (Å²) in [5.41, 5.74) is 3.27. The number of piperidine rings is 1. The van der Waals surface area contributed by atoms with E-state index < -0.39 is 5.92 Å². The van der Waals surface area contributed by atoms with Gasteiger partial charge in [-0.1, -0.05) is 32.9 Å². The van der Waals surface area contributed by atoms with Gasteiger partial charge in [0.1, 0.15) is 5.75 Å². The predicted octanol–water partition coefficient (Wildman–Crippen LogP) is 3.41. The molecule has 0 spiro atoms. The number of hydrogen-bond donors (Lipinski definition) is 2. The van der Waals surface area contributed by atoms with Crippen molar-refractivity contribution in [1.29, 1.82) is 0 Å². The maximum Gasteiger partial charge on any atom is 0.262 e. The van der Waals surface area contributed by atoms with Gasteiger partial charge in [0, 0.05) is 30.6 Å². The molecule has 1 aliphatic heterocycles. The second kappa shape index (κ2) is 8.69. The molecular weight excluding hydrogens is 420 g/mol. The van der Waals surface area contributed by atoms with Crippen molar-refractivity contribution in [3.63, 3.8) is 0 Å². The van der Waals surface area contributed by atoms with Crippen LogP contribution in [0.5, 0.6) is 5.75 Å². The Kier molecular flexibility index (Phi) is 5.93. The Morgan fingerprint density at radius 1 is 1.21 bits per heavy atom. The first-order valence-corrected chi connectivity index (χ1v) is 11.0.